The van der Waals surface area contributed by atoms with Gasteiger partial charge in [0.2, 0.25) is 0 Å². The lowest BCUT2D eigenvalue weighted by molar-refractivity contribution is 0.0697. The van der Waals surface area contributed by atoms with Crippen molar-refractivity contribution in [3.05, 3.63) is 39.0 Å². The Balaban J connectivity index is 3.41. The van der Waals surface area contributed by atoms with Gasteiger partial charge in [-0.2, -0.15) is 10.5 Å². The summed E-state index contributed by atoms with van der Waals surface area (Å²) in [4.78, 5) is 11.3. The molecule has 2 N–H and O–H groups in total. The number of nitrogens with zero attached hydrogens (tertiary/aromatic N) is 2. The molecular weight excluding hydrogens is 310 g/mol. The summed E-state index contributed by atoms with van der Waals surface area (Å²) in [5, 5.41) is 29.3. The van der Waals surface area contributed by atoms with Crippen LogP contribution in [0.1, 0.15) is 21.5 Å². The number of nitriles is 2. The summed E-state index contributed by atoms with van der Waals surface area (Å²) in [5.74, 6) is -1.09. The highest BCUT2D eigenvalue weighted by Crippen LogP contribution is 2.31. The number of hydrogen-bond donors (Lipinski definition) is 2. The van der Waals surface area contributed by atoms with Crippen molar-refractivity contribution in [1.29, 1.82) is 10.5 Å². The summed E-state index contributed by atoms with van der Waals surface area (Å²) in [6.07, 6.45) is 1.19. The van der Waals surface area contributed by atoms with Gasteiger partial charge >= 0.3 is 5.97 Å². The minimum atomic E-state index is -1.09. The lowest BCUT2D eigenvalue weighted by atomic mass is 10.0. The zero-order valence-electron chi connectivity index (χ0n) is 10.3. The average molecular weight is 320 g/mol. The molecule has 0 amide bonds. The van der Waals surface area contributed by atoms with Crippen LogP contribution in [0.4, 0.5) is 5.69 Å². The van der Waals surface area contributed by atoms with E-state index in [1.165, 1.54) is 6.20 Å². The van der Waals surface area contributed by atoms with Gasteiger partial charge < -0.3 is 10.4 Å². The minimum Gasteiger partial charge on any atom is -0.478 e. The topological polar surface area (TPSA) is 96.9 Å². The molecule has 0 aliphatic carbocycles. The third-order valence-electron chi connectivity index (χ3n) is 2.46. The van der Waals surface area contributed by atoms with Crippen molar-refractivity contribution in [3.8, 4) is 12.1 Å². The normalized spacial score (nSPS) is 9.11. The lowest BCUT2D eigenvalue weighted by Crippen LogP contribution is -2.07. The summed E-state index contributed by atoms with van der Waals surface area (Å²) >= 11 is 3.24. The summed E-state index contributed by atoms with van der Waals surface area (Å²) < 4.78 is 0.469. The van der Waals surface area contributed by atoms with E-state index in [9.17, 15) is 9.90 Å². The van der Waals surface area contributed by atoms with Crippen LogP contribution in [-0.4, -0.2) is 11.1 Å². The molecule has 0 radical (unpaired) electrons. The van der Waals surface area contributed by atoms with Crippen molar-refractivity contribution >= 4 is 27.6 Å². The van der Waals surface area contributed by atoms with E-state index in [1.54, 1.807) is 26.0 Å². The first-order valence-corrected chi connectivity index (χ1v) is 6.01. The van der Waals surface area contributed by atoms with Crippen LogP contribution >= 0.6 is 15.9 Å². The Hall–Kier alpha value is -2.31. The highest BCUT2D eigenvalue weighted by Gasteiger charge is 2.18. The largest absolute Gasteiger partial charge is 0.478 e. The predicted molar refractivity (Wildman–Crippen MR) is 73.5 cm³/mol. The zero-order valence-corrected chi connectivity index (χ0v) is 11.9. The van der Waals surface area contributed by atoms with Gasteiger partial charge in [0.25, 0.3) is 0 Å². The van der Waals surface area contributed by atoms with Gasteiger partial charge in [-0.05, 0) is 40.9 Å². The van der Waals surface area contributed by atoms with E-state index < -0.39 is 5.97 Å². The van der Waals surface area contributed by atoms with Crippen LogP contribution in [0.5, 0.6) is 0 Å². The summed E-state index contributed by atoms with van der Waals surface area (Å²) in [7, 11) is 0. The predicted octanol–water partition coefficient (Wildman–Crippen LogP) is 3.11. The third-order valence-corrected chi connectivity index (χ3v) is 3.48. The smallest absolute Gasteiger partial charge is 0.338 e. The zero-order chi connectivity index (χ0) is 14.6. The number of benzene rings is 1. The maximum Gasteiger partial charge on any atom is 0.338 e. The first kappa shape index (κ1) is 14.7. The second-order valence-electron chi connectivity index (χ2n) is 3.81. The Morgan fingerprint density at radius 1 is 1.37 bits per heavy atom. The van der Waals surface area contributed by atoms with Crippen LogP contribution in [0.15, 0.2) is 22.3 Å². The quantitative estimate of drug-likeness (QED) is 0.834. The Labute approximate surface area is 118 Å². The SMILES string of the molecule is Cc1cc(C)c(NC=C(C#N)C#N)c(C(=O)O)c1Br. The molecule has 0 aromatic heterocycles. The van der Waals surface area contributed by atoms with Crippen LogP contribution in [0.2, 0.25) is 0 Å². The van der Waals surface area contributed by atoms with Gasteiger partial charge in [-0.15, -0.1) is 0 Å². The average Bonchev–Trinajstić information content (AvgIpc) is 2.35. The molecule has 0 aliphatic heterocycles. The minimum absolute atomic E-state index is 0.0731. The molecule has 6 heteroatoms. The van der Waals surface area contributed by atoms with E-state index in [0.29, 0.717) is 15.7 Å². The summed E-state index contributed by atoms with van der Waals surface area (Å²) in [5.41, 5.74) is 1.80. The summed E-state index contributed by atoms with van der Waals surface area (Å²) in [6, 6.07) is 5.20. The molecule has 1 aromatic carbocycles. The van der Waals surface area contributed by atoms with Crippen molar-refractivity contribution in [2.24, 2.45) is 0 Å². The van der Waals surface area contributed by atoms with Crippen molar-refractivity contribution in [3.63, 3.8) is 0 Å². The molecule has 19 heavy (non-hydrogen) atoms. The van der Waals surface area contributed by atoms with Gasteiger partial charge in [-0.3, -0.25) is 0 Å². The van der Waals surface area contributed by atoms with Crippen molar-refractivity contribution in [1.82, 2.24) is 0 Å². The van der Waals surface area contributed by atoms with Gasteiger partial charge in [-0.25, -0.2) is 4.79 Å². The molecule has 0 unspecified atom stereocenters. The fourth-order valence-corrected chi connectivity index (χ4v) is 2.07. The molecule has 0 saturated carbocycles. The van der Waals surface area contributed by atoms with Gasteiger partial charge in [0.1, 0.15) is 17.7 Å². The van der Waals surface area contributed by atoms with Gasteiger partial charge in [0.15, 0.2) is 0 Å². The first-order valence-electron chi connectivity index (χ1n) is 5.22. The molecule has 0 heterocycles. The molecule has 0 fully saturated rings. The van der Waals surface area contributed by atoms with Crippen LogP contribution in [0.3, 0.4) is 0 Å². The number of carboxylic acid groups (broad SMARTS) is 1. The van der Waals surface area contributed by atoms with Crippen LogP contribution in [-0.2, 0) is 0 Å². The van der Waals surface area contributed by atoms with E-state index in [4.69, 9.17) is 10.5 Å². The number of carbonyl (C=O) groups is 1. The number of hydrogen-bond acceptors (Lipinski definition) is 4. The van der Waals surface area contributed by atoms with E-state index in [2.05, 4.69) is 21.2 Å². The standard InChI is InChI=1S/C13H10BrN3O2/c1-7-3-8(2)12(10(11(7)14)13(18)19)17-6-9(4-15)5-16/h3,6,17H,1-2H3,(H,18,19). The fourth-order valence-electron chi connectivity index (χ4n) is 1.59. The maximum absolute atomic E-state index is 11.3. The molecule has 0 atom stereocenters. The number of rotatable bonds is 3. The Morgan fingerprint density at radius 2 is 1.95 bits per heavy atom. The molecule has 0 saturated heterocycles. The van der Waals surface area contributed by atoms with E-state index in [-0.39, 0.29) is 11.1 Å². The molecular formula is C13H10BrN3O2. The molecule has 0 aliphatic rings. The number of allylic oxidation sites excluding steroid dienone is 1. The van der Waals surface area contributed by atoms with Crippen molar-refractivity contribution < 1.29 is 9.90 Å². The van der Waals surface area contributed by atoms with Crippen LogP contribution < -0.4 is 5.32 Å². The maximum atomic E-state index is 11.3. The van der Waals surface area contributed by atoms with E-state index in [0.717, 1.165) is 5.56 Å². The van der Waals surface area contributed by atoms with Crippen molar-refractivity contribution in [2.45, 2.75) is 13.8 Å². The summed E-state index contributed by atoms with van der Waals surface area (Å²) in [6.45, 7) is 3.54. The first-order chi connectivity index (χ1) is 8.92. The number of aromatic carboxylic acids is 1. The number of carboxylic acids is 1. The van der Waals surface area contributed by atoms with Gasteiger partial charge in [-0.1, -0.05) is 6.07 Å². The fraction of sp³-hybridized carbons (Fsp3) is 0.154. The highest BCUT2D eigenvalue weighted by molar-refractivity contribution is 9.10. The van der Waals surface area contributed by atoms with Crippen LogP contribution in [0.25, 0.3) is 0 Å². The Bertz CT molecular complexity index is 635. The van der Waals surface area contributed by atoms with Gasteiger partial charge in [0, 0.05) is 10.7 Å². The van der Waals surface area contributed by atoms with Gasteiger partial charge in [0.05, 0.1) is 11.3 Å². The number of anilines is 1. The molecule has 96 valence electrons. The van der Waals surface area contributed by atoms with E-state index in [1.807, 2.05) is 6.07 Å². The molecule has 1 rings (SSSR count). The third kappa shape index (κ3) is 3.12. The molecule has 0 bridgehead atoms. The molecule has 1 aromatic rings. The van der Waals surface area contributed by atoms with Crippen molar-refractivity contribution in [2.75, 3.05) is 5.32 Å². The second-order valence-corrected chi connectivity index (χ2v) is 4.60. The van der Waals surface area contributed by atoms with Crippen LogP contribution in [0, 0.1) is 36.5 Å². The monoisotopic (exact) mass is 319 g/mol. The Kier molecular flexibility index (Phi) is 4.68. The van der Waals surface area contributed by atoms with E-state index >= 15 is 0 Å². The number of aryl methyl sites for hydroxylation is 2. The highest BCUT2D eigenvalue weighted by atomic mass is 79.9. The molecule has 0 spiro atoms. The Morgan fingerprint density at radius 3 is 2.42 bits per heavy atom. The number of nitrogens with one attached hydrogen (secondary N) is 1. The lowest BCUT2D eigenvalue weighted by Gasteiger charge is -2.13. The molecule has 5 nitrogen and oxygen atoms in total. The number of halogens is 1. The second kappa shape index (κ2) is 6.03.